The van der Waals surface area contributed by atoms with Gasteiger partial charge in [0.2, 0.25) is 0 Å². The minimum Gasteiger partial charge on any atom is -0.370 e. The summed E-state index contributed by atoms with van der Waals surface area (Å²) < 4.78 is 0. The topological polar surface area (TPSA) is 50.4 Å². The van der Waals surface area contributed by atoms with Crippen LogP contribution in [0.5, 0.6) is 0 Å². The van der Waals surface area contributed by atoms with Crippen LogP contribution in [0.3, 0.4) is 0 Å². The Morgan fingerprint density at radius 1 is 1.42 bits per heavy atom. The first-order valence-electron chi connectivity index (χ1n) is 6.61. The van der Waals surface area contributed by atoms with Crippen molar-refractivity contribution in [2.24, 2.45) is 16.6 Å². The zero-order valence-corrected chi connectivity index (χ0v) is 13.0. The highest BCUT2D eigenvalue weighted by Gasteiger charge is 2.20. The third-order valence-electron chi connectivity index (χ3n) is 2.94. The number of hydrogen-bond acceptors (Lipinski definition) is 1. The number of rotatable bonds is 5. The van der Waals surface area contributed by atoms with E-state index in [1.807, 2.05) is 18.2 Å². The molecule has 1 aromatic rings. The molecule has 19 heavy (non-hydrogen) atoms. The molecular formula is C15H24ClN3. The maximum atomic E-state index is 6.03. The third kappa shape index (κ3) is 5.52. The number of nitrogens with one attached hydrogen (secondary N) is 1. The summed E-state index contributed by atoms with van der Waals surface area (Å²) in [7, 11) is 0. The van der Waals surface area contributed by atoms with Crippen molar-refractivity contribution in [3.63, 3.8) is 0 Å². The van der Waals surface area contributed by atoms with E-state index in [1.165, 1.54) is 5.56 Å². The monoisotopic (exact) mass is 281 g/mol. The van der Waals surface area contributed by atoms with E-state index < -0.39 is 0 Å². The van der Waals surface area contributed by atoms with Crippen LogP contribution in [0.25, 0.3) is 0 Å². The van der Waals surface area contributed by atoms with Gasteiger partial charge in [-0.3, -0.25) is 4.99 Å². The molecule has 0 saturated heterocycles. The van der Waals surface area contributed by atoms with Gasteiger partial charge in [0, 0.05) is 17.0 Å². The molecule has 0 aliphatic heterocycles. The van der Waals surface area contributed by atoms with Crippen molar-refractivity contribution in [3.05, 3.63) is 34.9 Å². The Kier molecular flexibility index (Phi) is 5.67. The van der Waals surface area contributed by atoms with Gasteiger partial charge < -0.3 is 11.1 Å². The van der Waals surface area contributed by atoms with Crippen LogP contribution in [0.4, 0.5) is 0 Å². The molecule has 3 N–H and O–H groups in total. The van der Waals surface area contributed by atoms with Crippen LogP contribution in [-0.2, 0) is 5.41 Å². The van der Waals surface area contributed by atoms with E-state index in [-0.39, 0.29) is 5.41 Å². The molecule has 0 atom stereocenters. The Labute approximate surface area is 121 Å². The summed E-state index contributed by atoms with van der Waals surface area (Å²) in [5.41, 5.74) is 6.93. The van der Waals surface area contributed by atoms with E-state index in [2.05, 4.69) is 44.1 Å². The highest BCUT2D eigenvalue weighted by Crippen LogP contribution is 2.25. The zero-order valence-electron chi connectivity index (χ0n) is 12.2. The summed E-state index contributed by atoms with van der Waals surface area (Å²) in [6.07, 6.45) is 0. The van der Waals surface area contributed by atoms with E-state index in [9.17, 15) is 0 Å². The Hall–Kier alpha value is -1.22. The van der Waals surface area contributed by atoms with Crippen molar-refractivity contribution in [1.29, 1.82) is 0 Å². The summed E-state index contributed by atoms with van der Waals surface area (Å²) in [6, 6.07) is 7.89. The maximum Gasteiger partial charge on any atom is 0.188 e. The summed E-state index contributed by atoms with van der Waals surface area (Å²) in [5, 5.41) is 3.87. The Balaban J connectivity index is 2.66. The molecule has 0 fully saturated rings. The minimum absolute atomic E-state index is 0.0883. The quantitative estimate of drug-likeness (QED) is 0.643. The van der Waals surface area contributed by atoms with Gasteiger partial charge in [-0.15, -0.1) is 0 Å². The summed E-state index contributed by atoms with van der Waals surface area (Å²) in [5.74, 6) is 1.05. The minimum atomic E-state index is -0.0883. The lowest BCUT2D eigenvalue weighted by Crippen LogP contribution is -2.35. The maximum absolute atomic E-state index is 6.03. The molecule has 0 aliphatic rings. The second-order valence-electron chi connectivity index (χ2n) is 5.87. The van der Waals surface area contributed by atoms with Gasteiger partial charge in [0.1, 0.15) is 0 Å². The van der Waals surface area contributed by atoms with E-state index >= 15 is 0 Å². The third-order valence-corrected chi connectivity index (χ3v) is 3.18. The molecule has 0 heterocycles. The second kappa shape index (κ2) is 6.80. The van der Waals surface area contributed by atoms with Crippen LogP contribution in [0, 0.1) is 5.92 Å². The molecule has 0 radical (unpaired) electrons. The number of nitrogens with two attached hydrogens (primary N) is 1. The molecule has 106 valence electrons. The van der Waals surface area contributed by atoms with E-state index in [0.717, 1.165) is 11.6 Å². The molecule has 0 aromatic heterocycles. The van der Waals surface area contributed by atoms with Crippen LogP contribution < -0.4 is 11.1 Å². The number of benzene rings is 1. The summed E-state index contributed by atoms with van der Waals surface area (Å²) >= 11 is 6.03. The van der Waals surface area contributed by atoms with Crippen LogP contribution in [0.2, 0.25) is 5.02 Å². The molecule has 1 rings (SSSR count). The summed E-state index contributed by atoms with van der Waals surface area (Å²) in [6.45, 7) is 10.0. The van der Waals surface area contributed by atoms with Gasteiger partial charge in [-0.05, 0) is 23.6 Å². The normalized spacial score (nSPS) is 12.8. The molecule has 0 spiro atoms. The second-order valence-corrected chi connectivity index (χ2v) is 6.31. The fourth-order valence-electron chi connectivity index (χ4n) is 1.65. The molecule has 0 bridgehead atoms. The zero-order chi connectivity index (χ0) is 14.5. The van der Waals surface area contributed by atoms with Crippen molar-refractivity contribution < 1.29 is 0 Å². The predicted molar refractivity (Wildman–Crippen MR) is 83.8 cm³/mol. The fourth-order valence-corrected chi connectivity index (χ4v) is 1.84. The van der Waals surface area contributed by atoms with Crippen LogP contribution in [-0.4, -0.2) is 19.0 Å². The lowest BCUT2D eigenvalue weighted by atomic mass is 9.85. The number of aliphatic imine (C=N–C) groups is 1. The first-order valence-corrected chi connectivity index (χ1v) is 6.99. The molecule has 3 nitrogen and oxygen atoms in total. The number of nitrogens with zero attached hydrogens (tertiary/aromatic N) is 1. The van der Waals surface area contributed by atoms with Crippen molar-refractivity contribution in [3.8, 4) is 0 Å². The van der Waals surface area contributed by atoms with E-state index in [0.29, 0.717) is 18.4 Å². The average molecular weight is 282 g/mol. The SMILES string of the molecule is CC(C)CNC(N)=NCC(C)(C)c1cccc(Cl)c1. The van der Waals surface area contributed by atoms with Crippen LogP contribution >= 0.6 is 11.6 Å². The van der Waals surface area contributed by atoms with Gasteiger partial charge in [-0.25, -0.2) is 0 Å². The van der Waals surface area contributed by atoms with Gasteiger partial charge in [-0.2, -0.15) is 0 Å². The van der Waals surface area contributed by atoms with Gasteiger partial charge in [-0.1, -0.05) is 51.4 Å². The first kappa shape index (κ1) is 15.8. The Morgan fingerprint density at radius 3 is 2.68 bits per heavy atom. The van der Waals surface area contributed by atoms with Crippen LogP contribution in [0.15, 0.2) is 29.3 Å². The smallest absolute Gasteiger partial charge is 0.188 e. The van der Waals surface area contributed by atoms with Crippen molar-refractivity contribution in [2.75, 3.05) is 13.1 Å². The fraction of sp³-hybridized carbons (Fsp3) is 0.533. The highest BCUT2D eigenvalue weighted by molar-refractivity contribution is 6.30. The standard InChI is InChI=1S/C15H24ClN3/c1-11(2)9-18-14(17)19-10-15(3,4)12-6-5-7-13(16)8-12/h5-8,11H,9-10H2,1-4H3,(H3,17,18,19). The van der Waals surface area contributed by atoms with Crippen molar-refractivity contribution >= 4 is 17.6 Å². The van der Waals surface area contributed by atoms with E-state index in [1.54, 1.807) is 0 Å². The van der Waals surface area contributed by atoms with Crippen molar-refractivity contribution in [2.45, 2.75) is 33.1 Å². The van der Waals surface area contributed by atoms with Gasteiger partial charge >= 0.3 is 0 Å². The molecule has 0 unspecified atom stereocenters. The molecule has 0 saturated carbocycles. The highest BCUT2D eigenvalue weighted by atomic mass is 35.5. The van der Waals surface area contributed by atoms with Crippen molar-refractivity contribution in [1.82, 2.24) is 5.32 Å². The average Bonchev–Trinajstić information content (AvgIpc) is 2.34. The molecule has 4 heteroatoms. The van der Waals surface area contributed by atoms with Gasteiger partial charge in [0.25, 0.3) is 0 Å². The molecular weight excluding hydrogens is 258 g/mol. The number of guanidine groups is 1. The Bertz CT molecular complexity index is 439. The van der Waals surface area contributed by atoms with Crippen LogP contribution in [0.1, 0.15) is 33.3 Å². The molecule has 0 aliphatic carbocycles. The lowest BCUT2D eigenvalue weighted by molar-refractivity contribution is 0.537. The largest absolute Gasteiger partial charge is 0.370 e. The summed E-state index contributed by atoms with van der Waals surface area (Å²) in [4.78, 5) is 4.41. The lowest BCUT2D eigenvalue weighted by Gasteiger charge is -2.23. The molecule has 0 amide bonds. The van der Waals surface area contributed by atoms with Gasteiger partial charge in [0.15, 0.2) is 5.96 Å². The number of hydrogen-bond donors (Lipinski definition) is 2. The predicted octanol–water partition coefficient (Wildman–Crippen LogP) is 3.18. The van der Waals surface area contributed by atoms with E-state index in [4.69, 9.17) is 17.3 Å². The Morgan fingerprint density at radius 2 is 2.11 bits per heavy atom. The van der Waals surface area contributed by atoms with Gasteiger partial charge in [0.05, 0.1) is 6.54 Å². The molecule has 1 aromatic carbocycles. The first-order chi connectivity index (χ1) is 8.81. The number of halogens is 1.